The van der Waals surface area contributed by atoms with Crippen LogP contribution in [0, 0.1) is 0 Å². The van der Waals surface area contributed by atoms with Crippen LogP contribution in [0.15, 0.2) is 12.7 Å². The van der Waals surface area contributed by atoms with Crippen LogP contribution in [0.2, 0.25) is 0 Å². The number of ether oxygens (including phenoxy) is 6. The summed E-state index contributed by atoms with van der Waals surface area (Å²) in [6.07, 6.45) is 2.02. The lowest BCUT2D eigenvalue weighted by Gasteiger charge is -2.45. The molecule has 4 atom stereocenters. The first-order valence-electron chi connectivity index (χ1n) is 6.66. The number of hydrogen-bond acceptors (Lipinski definition) is 6. The molecule has 20 heavy (non-hydrogen) atoms. The van der Waals surface area contributed by atoms with Crippen molar-refractivity contribution in [1.29, 1.82) is 0 Å². The van der Waals surface area contributed by atoms with Crippen LogP contribution >= 0.6 is 0 Å². The summed E-state index contributed by atoms with van der Waals surface area (Å²) in [6.45, 7) is 4.52. The molecule has 3 unspecified atom stereocenters. The highest BCUT2D eigenvalue weighted by atomic mass is 16.8. The van der Waals surface area contributed by atoms with Crippen molar-refractivity contribution in [2.75, 3.05) is 41.7 Å². The molecular weight excluding hydrogens is 264 g/mol. The normalized spacial score (nSPS) is 34.1. The molecular formula is C14H26O6. The molecule has 6 heteroatoms. The molecule has 0 aromatic rings. The predicted octanol–water partition coefficient (Wildman–Crippen LogP) is 1.34. The summed E-state index contributed by atoms with van der Waals surface area (Å²) in [5.41, 5.74) is 0. The van der Waals surface area contributed by atoms with Crippen LogP contribution in [0.1, 0.15) is 12.8 Å². The van der Waals surface area contributed by atoms with Crippen molar-refractivity contribution in [1.82, 2.24) is 0 Å². The Balaban J connectivity index is 2.72. The lowest BCUT2D eigenvalue weighted by atomic mass is 9.99. The van der Waals surface area contributed by atoms with Gasteiger partial charge >= 0.3 is 0 Å². The minimum absolute atomic E-state index is 0.193. The molecule has 1 fully saturated rings. The summed E-state index contributed by atoms with van der Waals surface area (Å²) >= 11 is 0. The third-order valence-corrected chi connectivity index (χ3v) is 3.45. The molecule has 0 radical (unpaired) electrons. The van der Waals surface area contributed by atoms with Gasteiger partial charge in [0.2, 0.25) is 0 Å². The second-order valence-electron chi connectivity index (χ2n) is 4.65. The largest absolute Gasteiger partial charge is 0.378 e. The molecule has 0 aromatic carbocycles. The van der Waals surface area contributed by atoms with Crippen LogP contribution in [-0.2, 0) is 28.4 Å². The fraction of sp³-hybridized carbons (Fsp3) is 0.857. The van der Waals surface area contributed by atoms with Crippen molar-refractivity contribution in [3.8, 4) is 0 Å². The molecule has 1 aliphatic rings. The van der Waals surface area contributed by atoms with Crippen molar-refractivity contribution < 1.29 is 28.4 Å². The molecule has 0 saturated carbocycles. The van der Waals surface area contributed by atoms with Crippen molar-refractivity contribution in [3.05, 3.63) is 12.7 Å². The molecule has 0 aliphatic carbocycles. The van der Waals surface area contributed by atoms with Gasteiger partial charge < -0.3 is 28.4 Å². The Hall–Kier alpha value is -0.500. The molecule has 0 N–H and O–H groups in total. The quantitative estimate of drug-likeness (QED) is 0.472. The van der Waals surface area contributed by atoms with Crippen LogP contribution in [0.3, 0.4) is 0 Å². The van der Waals surface area contributed by atoms with E-state index in [1.165, 1.54) is 0 Å². The number of rotatable bonds is 9. The van der Waals surface area contributed by atoms with Gasteiger partial charge in [0.25, 0.3) is 0 Å². The Morgan fingerprint density at radius 3 is 2.45 bits per heavy atom. The highest BCUT2D eigenvalue weighted by Gasteiger charge is 2.48. The average Bonchev–Trinajstić information content (AvgIpc) is 2.50. The molecule has 1 heterocycles. The Bertz CT molecular complexity index is 269. The summed E-state index contributed by atoms with van der Waals surface area (Å²) < 4.78 is 33.2. The van der Waals surface area contributed by atoms with Gasteiger partial charge in [-0.05, 0) is 6.42 Å². The minimum Gasteiger partial charge on any atom is -0.378 e. The maximum absolute atomic E-state index is 5.89. The summed E-state index contributed by atoms with van der Waals surface area (Å²) in [4.78, 5) is 0. The summed E-state index contributed by atoms with van der Waals surface area (Å²) in [6, 6.07) is 0. The minimum atomic E-state index is -0.891. The van der Waals surface area contributed by atoms with Gasteiger partial charge in [-0.2, -0.15) is 0 Å². The summed E-state index contributed by atoms with van der Waals surface area (Å²) in [5, 5.41) is 0. The lowest BCUT2D eigenvalue weighted by Crippen LogP contribution is -2.59. The van der Waals surface area contributed by atoms with Crippen molar-refractivity contribution in [2.24, 2.45) is 0 Å². The van der Waals surface area contributed by atoms with E-state index in [2.05, 4.69) is 6.58 Å². The molecule has 1 aliphatic heterocycles. The summed E-state index contributed by atoms with van der Waals surface area (Å²) in [7, 11) is 6.39. The summed E-state index contributed by atoms with van der Waals surface area (Å²) in [5.74, 6) is -0.891. The van der Waals surface area contributed by atoms with Crippen molar-refractivity contribution in [3.63, 3.8) is 0 Å². The van der Waals surface area contributed by atoms with Crippen LogP contribution in [0.25, 0.3) is 0 Å². The predicted molar refractivity (Wildman–Crippen MR) is 73.5 cm³/mol. The van der Waals surface area contributed by atoms with Gasteiger partial charge in [0, 0.05) is 34.9 Å². The van der Waals surface area contributed by atoms with E-state index in [4.69, 9.17) is 28.4 Å². The van der Waals surface area contributed by atoms with E-state index in [1.54, 1.807) is 34.5 Å². The van der Waals surface area contributed by atoms with Crippen LogP contribution < -0.4 is 0 Å². The third kappa shape index (κ3) is 4.25. The van der Waals surface area contributed by atoms with Crippen LogP contribution in [0.5, 0.6) is 0 Å². The Morgan fingerprint density at radius 1 is 1.20 bits per heavy atom. The first-order valence-corrected chi connectivity index (χ1v) is 6.66. The third-order valence-electron chi connectivity index (χ3n) is 3.45. The fourth-order valence-corrected chi connectivity index (χ4v) is 2.27. The van der Waals surface area contributed by atoms with E-state index in [0.29, 0.717) is 19.6 Å². The molecule has 118 valence electrons. The SMILES string of the molecule is C=CCCOCC1(OC)CC(OC)C(OC)[C@@H](OC)O1. The van der Waals surface area contributed by atoms with E-state index >= 15 is 0 Å². The van der Waals surface area contributed by atoms with Gasteiger partial charge in [0.1, 0.15) is 12.7 Å². The van der Waals surface area contributed by atoms with E-state index in [-0.39, 0.29) is 12.2 Å². The standard InChI is InChI=1S/C14H26O6/c1-6-7-8-19-10-14(18-5)9-11(15-2)12(16-3)13(17-4)20-14/h6,11-13H,1,7-10H2,2-5H3/t11?,12?,13-,14?/m0/s1. The van der Waals surface area contributed by atoms with Crippen LogP contribution in [-0.4, -0.2) is 65.9 Å². The maximum Gasteiger partial charge on any atom is 0.197 e. The number of hydrogen-bond donors (Lipinski definition) is 0. The highest BCUT2D eigenvalue weighted by molar-refractivity contribution is 4.88. The Morgan fingerprint density at radius 2 is 1.95 bits per heavy atom. The van der Waals surface area contributed by atoms with E-state index < -0.39 is 12.1 Å². The second-order valence-corrected chi connectivity index (χ2v) is 4.65. The zero-order chi connectivity index (χ0) is 15.0. The van der Waals surface area contributed by atoms with E-state index in [9.17, 15) is 0 Å². The fourth-order valence-electron chi connectivity index (χ4n) is 2.27. The zero-order valence-electron chi connectivity index (χ0n) is 12.8. The van der Waals surface area contributed by atoms with Crippen LogP contribution in [0.4, 0.5) is 0 Å². The topological polar surface area (TPSA) is 55.4 Å². The monoisotopic (exact) mass is 290 g/mol. The van der Waals surface area contributed by atoms with Gasteiger partial charge in [-0.3, -0.25) is 0 Å². The first-order chi connectivity index (χ1) is 9.66. The molecule has 0 amide bonds. The maximum atomic E-state index is 5.89. The van der Waals surface area contributed by atoms with Gasteiger partial charge in [0.05, 0.1) is 12.7 Å². The molecule has 0 aromatic heterocycles. The van der Waals surface area contributed by atoms with Gasteiger partial charge in [0.15, 0.2) is 12.1 Å². The number of methoxy groups -OCH3 is 4. The first kappa shape index (κ1) is 17.6. The van der Waals surface area contributed by atoms with Gasteiger partial charge in [-0.15, -0.1) is 6.58 Å². The zero-order valence-corrected chi connectivity index (χ0v) is 12.8. The molecule has 1 rings (SSSR count). The second kappa shape index (κ2) is 8.71. The molecule has 1 saturated heterocycles. The van der Waals surface area contributed by atoms with Crippen molar-refractivity contribution in [2.45, 2.75) is 37.1 Å². The smallest absolute Gasteiger partial charge is 0.197 e. The van der Waals surface area contributed by atoms with Gasteiger partial charge in [-0.1, -0.05) is 6.08 Å². The van der Waals surface area contributed by atoms with Crippen molar-refractivity contribution >= 4 is 0 Å². The van der Waals surface area contributed by atoms with E-state index in [0.717, 1.165) is 6.42 Å². The Kier molecular flexibility index (Phi) is 7.65. The Labute approximate surface area is 120 Å². The van der Waals surface area contributed by atoms with E-state index in [1.807, 2.05) is 0 Å². The highest BCUT2D eigenvalue weighted by Crippen LogP contribution is 2.33. The average molecular weight is 290 g/mol. The lowest BCUT2D eigenvalue weighted by molar-refractivity contribution is -0.373. The molecule has 6 nitrogen and oxygen atoms in total. The molecule has 0 bridgehead atoms. The molecule has 0 spiro atoms. The van der Waals surface area contributed by atoms with Gasteiger partial charge in [-0.25, -0.2) is 0 Å².